The predicted molar refractivity (Wildman–Crippen MR) is 73.0 cm³/mol. The number of rotatable bonds is 5. The summed E-state index contributed by atoms with van der Waals surface area (Å²) in [5.74, 6) is 4.80. The highest BCUT2D eigenvalue weighted by atomic mass is 16.5. The molecule has 2 aromatic rings. The molecule has 0 aromatic heterocycles. The fourth-order valence-corrected chi connectivity index (χ4v) is 1.75. The third-order valence-corrected chi connectivity index (χ3v) is 2.70. The van der Waals surface area contributed by atoms with Crippen LogP contribution in [-0.4, -0.2) is 5.91 Å². The molecule has 0 fully saturated rings. The third kappa shape index (κ3) is 3.91. The minimum atomic E-state index is -0.301. The molecule has 19 heavy (non-hydrogen) atoms. The van der Waals surface area contributed by atoms with E-state index in [1.54, 1.807) is 12.1 Å². The minimum absolute atomic E-state index is 0.301. The van der Waals surface area contributed by atoms with Crippen LogP contribution < -0.4 is 11.3 Å². The van der Waals surface area contributed by atoms with E-state index in [2.05, 4.69) is 5.43 Å². The van der Waals surface area contributed by atoms with Crippen molar-refractivity contribution in [1.82, 2.24) is 5.43 Å². The van der Waals surface area contributed by atoms with E-state index in [4.69, 9.17) is 10.6 Å². The number of ether oxygens (including phenoxy) is 1. The van der Waals surface area contributed by atoms with Crippen molar-refractivity contribution in [3.63, 3.8) is 0 Å². The van der Waals surface area contributed by atoms with Crippen LogP contribution in [0.1, 0.15) is 21.5 Å². The highest BCUT2D eigenvalue weighted by Gasteiger charge is 2.03. The first-order valence-corrected chi connectivity index (χ1v) is 6.01. The summed E-state index contributed by atoms with van der Waals surface area (Å²) in [4.78, 5) is 11.4. The fraction of sp³-hybridized carbons (Fsp3) is 0.133. The summed E-state index contributed by atoms with van der Waals surface area (Å²) >= 11 is 0. The Bertz CT molecular complexity index is 541. The van der Waals surface area contributed by atoms with Crippen molar-refractivity contribution in [3.8, 4) is 0 Å². The van der Waals surface area contributed by atoms with Crippen LogP contribution >= 0.6 is 0 Å². The van der Waals surface area contributed by atoms with Crippen molar-refractivity contribution < 1.29 is 9.53 Å². The summed E-state index contributed by atoms with van der Waals surface area (Å²) in [6.45, 7) is 1.01. The van der Waals surface area contributed by atoms with Crippen molar-refractivity contribution in [3.05, 3.63) is 71.3 Å². The van der Waals surface area contributed by atoms with Gasteiger partial charge in [0.05, 0.1) is 13.2 Å². The van der Waals surface area contributed by atoms with Gasteiger partial charge in [-0.05, 0) is 23.3 Å². The number of nitrogens with two attached hydrogens (primary N) is 1. The number of amides is 1. The van der Waals surface area contributed by atoms with Gasteiger partial charge in [0, 0.05) is 5.56 Å². The molecule has 0 aliphatic carbocycles. The van der Waals surface area contributed by atoms with Gasteiger partial charge in [-0.3, -0.25) is 10.2 Å². The van der Waals surface area contributed by atoms with Crippen LogP contribution in [0.25, 0.3) is 0 Å². The minimum Gasteiger partial charge on any atom is -0.372 e. The van der Waals surface area contributed by atoms with E-state index in [0.717, 1.165) is 11.1 Å². The first kappa shape index (κ1) is 13.3. The zero-order chi connectivity index (χ0) is 13.5. The summed E-state index contributed by atoms with van der Waals surface area (Å²) in [7, 11) is 0. The quantitative estimate of drug-likeness (QED) is 0.488. The Morgan fingerprint density at radius 2 is 1.68 bits per heavy atom. The largest absolute Gasteiger partial charge is 0.372 e. The second kappa shape index (κ2) is 6.68. The van der Waals surface area contributed by atoms with E-state index in [-0.39, 0.29) is 5.91 Å². The normalized spacial score (nSPS) is 10.2. The van der Waals surface area contributed by atoms with Gasteiger partial charge in [0.25, 0.3) is 5.91 Å². The maximum Gasteiger partial charge on any atom is 0.265 e. The van der Waals surface area contributed by atoms with Gasteiger partial charge in [-0.2, -0.15) is 0 Å². The SMILES string of the molecule is NNC(=O)c1cccc(COCc2ccccc2)c1. The molecule has 3 N–H and O–H groups in total. The molecule has 0 bridgehead atoms. The Kier molecular flexibility index (Phi) is 4.66. The van der Waals surface area contributed by atoms with Crippen molar-refractivity contribution in [1.29, 1.82) is 0 Å². The number of carbonyl (C=O) groups is 1. The van der Waals surface area contributed by atoms with Gasteiger partial charge in [-0.1, -0.05) is 42.5 Å². The number of hydrogen-bond donors (Lipinski definition) is 2. The van der Waals surface area contributed by atoms with Crippen LogP contribution in [0.4, 0.5) is 0 Å². The standard InChI is InChI=1S/C15H16N2O2/c16-17-15(18)14-8-4-7-13(9-14)11-19-10-12-5-2-1-3-6-12/h1-9H,10-11,16H2,(H,17,18). The highest BCUT2D eigenvalue weighted by Crippen LogP contribution is 2.08. The second-order valence-electron chi connectivity index (χ2n) is 4.15. The first-order valence-electron chi connectivity index (χ1n) is 6.01. The molecule has 4 nitrogen and oxygen atoms in total. The average Bonchev–Trinajstić information content (AvgIpc) is 2.48. The molecule has 2 rings (SSSR count). The van der Waals surface area contributed by atoms with Crippen LogP contribution in [0.2, 0.25) is 0 Å². The van der Waals surface area contributed by atoms with Crippen molar-refractivity contribution in [2.45, 2.75) is 13.2 Å². The maximum atomic E-state index is 11.4. The number of nitrogens with one attached hydrogen (secondary N) is 1. The molecule has 0 saturated carbocycles. The fourth-order valence-electron chi connectivity index (χ4n) is 1.75. The van der Waals surface area contributed by atoms with Crippen molar-refractivity contribution in [2.24, 2.45) is 5.84 Å². The Morgan fingerprint density at radius 3 is 2.42 bits per heavy atom. The molecule has 0 aliphatic rings. The predicted octanol–water partition coefficient (Wildman–Crippen LogP) is 2.01. The lowest BCUT2D eigenvalue weighted by Gasteiger charge is -2.06. The van der Waals surface area contributed by atoms with E-state index in [0.29, 0.717) is 18.8 Å². The number of nitrogen functional groups attached to an aromatic ring is 1. The first-order chi connectivity index (χ1) is 9.29. The highest BCUT2D eigenvalue weighted by molar-refractivity contribution is 5.93. The Hall–Kier alpha value is -2.17. The monoisotopic (exact) mass is 256 g/mol. The van der Waals surface area contributed by atoms with Gasteiger partial charge in [0.1, 0.15) is 0 Å². The van der Waals surface area contributed by atoms with Crippen LogP contribution in [-0.2, 0) is 18.0 Å². The molecule has 1 amide bonds. The van der Waals surface area contributed by atoms with Crippen LogP contribution in [0.15, 0.2) is 54.6 Å². The molecule has 0 atom stereocenters. The summed E-state index contributed by atoms with van der Waals surface area (Å²) in [5, 5.41) is 0. The lowest BCUT2D eigenvalue weighted by atomic mass is 10.1. The Balaban J connectivity index is 1.91. The van der Waals surface area contributed by atoms with Gasteiger partial charge >= 0.3 is 0 Å². The summed E-state index contributed by atoms with van der Waals surface area (Å²) < 4.78 is 5.61. The average molecular weight is 256 g/mol. The molecular formula is C15H16N2O2. The lowest BCUT2D eigenvalue weighted by Crippen LogP contribution is -2.29. The van der Waals surface area contributed by atoms with Gasteiger partial charge in [0.15, 0.2) is 0 Å². The van der Waals surface area contributed by atoms with Gasteiger partial charge < -0.3 is 4.74 Å². The molecule has 2 aromatic carbocycles. The van der Waals surface area contributed by atoms with Crippen molar-refractivity contribution >= 4 is 5.91 Å². The molecular weight excluding hydrogens is 240 g/mol. The van der Waals surface area contributed by atoms with E-state index < -0.39 is 0 Å². The van der Waals surface area contributed by atoms with E-state index in [9.17, 15) is 4.79 Å². The zero-order valence-corrected chi connectivity index (χ0v) is 10.5. The smallest absolute Gasteiger partial charge is 0.265 e. The van der Waals surface area contributed by atoms with Crippen LogP contribution in [0.5, 0.6) is 0 Å². The molecule has 0 unspecified atom stereocenters. The Morgan fingerprint density at radius 1 is 1.00 bits per heavy atom. The maximum absolute atomic E-state index is 11.4. The molecule has 0 aliphatic heterocycles. The molecule has 0 saturated heterocycles. The van der Waals surface area contributed by atoms with Gasteiger partial charge in [-0.15, -0.1) is 0 Å². The number of carbonyl (C=O) groups excluding carboxylic acids is 1. The molecule has 98 valence electrons. The zero-order valence-electron chi connectivity index (χ0n) is 10.5. The molecule has 0 radical (unpaired) electrons. The summed E-state index contributed by atoms with van der Waals surface area (Å²) in [6, 6.07) is 17.2. The van der Waals surface area contributed by atoms with Crippen LogP contribution in [0, 0.1) is 0 Å². The van der Waals surface area contributed by atoms with Crippen LogP contribution in [0.3, 0.4) is 0 Å². The third-order valence-electron chi connectivity index (χ3n) is 2.70. The molecule has 0 spiro atoms. The summed E-state index contributed by atoms with van der Waals surface area (Å²) in [6.07, 6.45) is 0. The summed E-state index contributed by atoms with van der Waals surface area (Å²) in [5.41, 5.74) is 4.71. The molecule has 4 heteroatoms. The topological polar surface area (TPSA) is 64.3 Å². The Labute approximate surface area is 112 Å². The van der Waals surface area contributed by atoms with Crippen molar-refractivity contribution in [2.75, 3.05) is 0 Å². The second-order valence-corrected chi connectivity index (χ2v) is 4.15. The van der Waals surface area contributed by atoms with E-state index >= 15 is 0 Å². The number of benzene rings is 2. The number of hydrazine groups is 1. The lowest BCUT2D eigenvalue weighted by molar-refractivity contribution is 0.0951. The van der Waals surface area contributed by atoms with Gasteiger partial charge in [-0.25, -0.2) is 5.84 Å². The van der Waals surface area contributed by atoms with Gasteiger partial charge in [0.2, 0.25) is 0 Å². The van der Waals surface area contributed by atoms with E-state index in [1.807, 2.05) is 42.5 Å². The van der Waals surface area contributed by atoms with E-state index in [1.165, 1.54) is 0 Å². The number of hydrogen-bond acceptors (Lipinski definition) is 3. The molecule has 0 heterocycles.